The Hall–Kier alpha value is -4.11. The van der Waals surface area contributed by atoms with Crippen molar-refractivity contribution < 1.29 is 57.2 Å². The second kappa shape index (κ2) is 39.5. The molecule has 0 spiro atoms. The summed E-state index contributed by atoms with van der Waals surface area (Å²) in [4.78, 5) is 92.5. The van der Waals surface area contributed by atoms with Crippen LogP contribution < -0.4 is 65.9 Å². The average molecular weight is 1010 g/mol. The number of carbonyl (C=O) groups excluding carboxylic acids is 7. The number of carbonyl (C=O) groups is 7. The molecule has 0 saturated carbocycles. The van der Waals surface area contributed by atoms with E-state index >= 15 is 0 Å². The summed E-state index contributed by atoms with van der Waals surface area (Å²) in [5, 5.41) is 19.8. The van der Waals surface area contributed by atoms with Gasteiger partial charge in [-0.25, -0.2) is 0 Å². The van der Waals surface area contributed by atoms with Crippen LogP contribution in [0.3, 0.4) is 0 Å². The molecule has 24 heteroatoms. The van der Waals surface area contributed by atoms with E-state index in [-0.39, 0.29) is 121 Å². The predicted octanol–water partition coefficient (Wildman–Crippen LogP) is -2.25. The third-order valence-electron chi connectivity index (χ3n) is 10.2. The van der Waals surface area contributed by atoms with E-state index in [9.17, 15) is 33.6 Å². The van der Waals surface area contributed by atoms with Crippen molar-refractivity contribution in [3.8, 4) is 0 Å². The molecule has 0 fully saturated rings. The molecular formula is C46H92N12O12. The smallest absolute Gasteiger partial charge is 0.246 e. The van der Waals surface area contributed by atoms with E-state index in [4.69, 9.17) is 52.4 Å². The van der Waals surface area contributed by atoms with Gasteiger partial charge in [0.25, 0.3) is 0 Å². The van der Waals surface area contributed by atoms with Crippen LogP contribution in [0.2, 0.25) is 0 Å². The Morgan fingerprint density at radius 1 is 0.514 bits per heavy atom. The molecule has 0 saturated heterocycles. The maximum atomic E-state index is 14.3. The van der Waals surface area contributed by atoms with Gasteiger partial charge in [-0.15, -0.1) is 0 Å². The second-order valence-electron chi connectivity index (χ2n) is 18.5. The quantitative estimate of drug-likeness (QED) is 0.0227. The third kappa shape index (κ3) is 37.7. The molecule has 17 N–H and O–H groups in total. The van der Waals surface area contributed by atoms with Gasteiger partial charge in [-0.2, -0.15) is 0 Å². The van der Waals surface area contributed by atoms with Crippen LogP contribution in [0.4, 0.5) is 0 Å². The van der Waals surface area contributed by atoms with Gasteiger partial charge in [0.1, 0.15) is 43.7 Å². The molecule has 0 bridgehead atoms. The maximum absolute atomic E-state index is 14.3. The lowest BCUT2D eigenvalue weighted by atomic mass is 9.99. The van der Waals surface area contributed by atoms with Gasteiger partial charge >= 0.3 is 0 Å². The summed E-state index contributed by atoms with van der Waals surface area (Å²) < 4.78 is 27.0. The van der Waals surface area contributed by atoms with Gasteiger partial charge in [0, 0.05) is 57.5 Å². The number of ether oxygens (including phenoxy) is 5. The normalized spacial score (nSPS) is 13.8. The lowest BCUT2D eigenvalue weighted by molar-refractivity contribution is -0.135. The number of hydrogen-bond donors (Lipinski definition) is 12. The number of hydrogen-bond acceptors (Lipinski definition) is 17. The van der Waals surface area contributed by atoms with Crippen molar-refractivity contribution in [2.75, 3.05) is 92.1 Å². The van der Waals surface area contributed by atoms with Crippen molar-refractivity contribution in [3.05, 3.63) is 0 Å². The summed E-state index contributed by atoms with van der Waals surface area (Å²) in [6, 6.07) is -3.50. The molecule has 0 heterocycles. The summed E-state index contributed by atoms with van der Waals surface area (Å²) in [5.74, 6) is -3.20. The fraction of sp³-hybridized carbons (Fsp3) is 0.848. The van der Waals surface area contributed by atoms with Crippen LogP contribution >= 0.6 is 0 Å². The van der Waals surface area contributed by atoms with Crippen LogP contribution in [0, 0.1) is 0 Å². The van der Waals surface area contributed by atoms with Crippen molar-refractivity contribution in [1.82, 2.24) is 37.2 Å². The van der Waals surface area contributed by atoms with Gasteiger partial charge in [0.2, 0.25) is 41.4 Å². The summed E-state index contributed by atoms with van der Waals surface area (Å²) in [6.45, 7) is 13.0. The predicted molar refractivity (Wildman–Crippen MR) is 265 cm³/mol. The number of nitrogens with two attached hydrogens (primary N) is 5. The summed E-state index contributed by atoms with van der Waals surface area (Å²) in [5.41, 5.74) is 26.5. The van der Waals surface area contributed by atoms with Gasteiger partial charge in [-0.1, -0.05) is 0 Å². The highest BCUT2D eigenvalue weighted by molar-refractivity contribution is 5.94. The maximum Gasteiger partial charge on any atom is 0.246 e. The first-order chi connectivity index (χ1) is 33.1. The van der Waals surface area contributed by atoms with Gasteiger partial charge in [-0.05, 0) is 112 Å². The molecule has 0 aromatic heterocycles. The molecule has 0 aromatic rings. The van der Waals surface area contributed by atoms with Crippen molar-refractivity contribution in [1.29, 1.82) is 0 Å². The first-order valence-corrected chi connectivity index (χ1v) is 24.8. The lowest BCUT2D eigenvalue weighted by Crippen LogP contribution is -2.58. The summed E-state index contributed by atoms with van der Waals surface area (Å²) >= 11 is 0. The molecule has 5 atom stereocenters. The van der Waals surface area contributed by atoms with E-state index in [1.165, 1.54) is 0 Å². The Labute approximate surface area is 415 Å². The van der Waals surface area contributed by atoms with Crippen molar-refractivity contribution in [2.24, 2.45) is 28.7 Å². The molecular weight excluding hydrogens is 913 g/mol. The zero-order chi connectivity index (χ0) is 52.8. The molecule has 0 rings (SSSR count). The highest BCUT2D eigenvalue weighted by Gasteiger charge is 2.32. The van der Waals surface area contributed by atoms with Crippen molar-refractivity contribution in [3.63, 3.8) is 0 Å². The molecule has 70 heavy (non-hydrogen) atoms. The van der Waals surface area contributed by atoms with E-state index in [0.717, 1.165) is 0 Å². The standard InChI is InChI=1S/C46H92N12O12/c1-33(50)16-24-66-32-41(62)55-35(13-7-10-21-52-38(59)29-34(2)69-28-20-49)42(63)56-36(14-8-11-22-53-39(60)30-67-26-18-47)43(64)57-37(15-9-12-23-54-40(61)31-68-27-19-48)44(65)58-45(3,4)17-25-70-46(5,6)51/h33-37H,7-32,47-51H2,1-6H3,(H,52,59)(H,53,60)(H,54,61)(H,55,62)(H,56,63)(H,57,64)(H,58,65)/t33?,34?,35-,36-,37-/m0/s1. The SMILES string of the molecule is CC(N)CCOCC(=O)N[C@@H](CCCCNC(=O)CC(C)OCCN)C(=O)N[C@@H](CCCCNC(=O)COCCN)C(=O)N[C@@H](CCCCNC(=O)COCCN)C(=O)NC(C)(C)CCOC(C)(C)N. The molecule has 2 unspecified atom stereocenters. The topological polar surface area (TPSA) is 380 Å². The lowest BCUT2D eigenvalue weighted by Gasteiger charge is -2.31. The Kier molecular flexibility index (Phi) is 37.2. The monoisotopic (exact) mass is 1000 g/mol. The fourth-order valence-corrected chi connectivity index (χ4v) is 6.44. The Morgan fingerprint density at radius 2 is 0.943 bits per heavy atom. The van der Waals surface area contributed by atoms with Crippen molar-refractivity contribution >= 4 is 41.4 Å². The number of amides is 7. The van der Waals surface area contributed by atoms with E-state index in [1.54, 1.807) is 20.8 Å². The van der Waals surface area contributed by atoms with Crippen LogP contribution in [-0.4, -0.2) is 175 Å². The van der Waals surface area contributed by atoms with Crippen LogP contribution in [-0.2, 0) is 57.2 Å². The zero-order valence-corrected chi connectivity index (χ0v) is 43.1. The minimum absolute atomic E-state index is 0.0991. The Bertz CT molecular complexity index is 1490. The molecule has 0 aliphatic carbocycles. The second-order valence-corrected chi connectivity index (χ2v) is 18.5. The van der Waals surface area contributed by atoms with E-state index in [1.807, 2.05) is 20.8 Å². The Balaban J connectivity index is 6.39. The van der Waals surface area contributed by atoms with E-state index < -0.39 is 53.0 Å². The van der Waals surface area contributed by atoms with E-state index in [2.05, 4.69) is 37.2 Å². The highest BCUT2D eigenvalue weighted by atomic mass is 16.5. The van der Waals surface area contributed by atoms with Crippen LogP contribution in [0.25, 0.3) is 0 Å². The van der Waals surface area contributed by atoms with Gasteiger partial charge in [-0.3, -0.25) is 33.6 Å². The molecule has 0 aliphatic rings. The fourth-order valence-electron chi connectivity index (χ4n) is 6.44. The molecule has 24 nitrogen and oxygen atoms in total. The molecule has 0 radical (unpaired) electrons. The first kappa shape index (κ1) is 65.9. The summed E-state index contributed by atoms with van der Waals surface area (Å²) in [6.07, 6.45) is 3.71. The number of rotatable bonds is 44. The van der Waals surface area contributed by atoms with Crippen LogP contribution in [0.1, 0.15) is 119 Å². The van der Waals surface area contributed by atoms with Gasteiger partial charge in [0.05, 0.1) is 39.0 Å². The van der Waals surface area contributed by atoms with Crippen LogP contribution in [0.5, 0.6) is 0 Å². The number of nitrogens with one attached hydrogen (secondary N) is 7. The summed E-state index contributed by atoms with van der Waals surface area (Å²) in [7, 11) is 0. The highest BCUT2D eigenvalue weighted by Crippen LogP contribution is 2.14. The van der Waals surface area contributed by atoms with Crippen molar-refractivity contribution in [2.45, 2.75) is 160 Å². The van der Waals surface area contributed by atoms with E-state index in [0.29, 0.717) is 77.6 Å². The van der Waals surface area contributed by atoms with Crippen LogP contribution in [0.15, 0.2) is 0 Å². The van der Waals surface area contributed by atoms with Gasteiger partial charge in [0.15, 0.2) is 0 Å². The molecule has 0 aromatic carbocycles. The largest absolute Gasteiger partial charge is 0.377 e. The first-order valence-electron chi connectivity index (χ1n) is 24.8. The molecule has 7 amide bonds. The minimum atomic E-state index is -1.18. The molecule has 0 aliphatic heterocycles. The zero-order valence-electron chi connectivity index (χ0n) is 43.1. The number of unbranched alkanes of at least 4 members (excludes halogenated alkanes) is 3. The van der Waals surface area contributed by atoms with Gasteiger partial charge < -0.3 is 89.6 Å². The average Bonchev–Trinajstić information content (AvgIpc) is 3.27. The Morgan fingerprint density at radius 3 is 1.40 bits per heavy atom. The third-order valence-corrected chi connectivity index (χ3v) is 10.2. The molecule has 408 valence electrons. The minimum Gasteiger partial charge on any atom is -0.377 e.